The summed E-state index contributed by atoms with van der Waals surface area (Å²) in [5.41, 5.74) is 2.23. The first-order chi connectivity index (χ1) is 13.6. The van der Waals surface area contributed by atoms with E-state index in [4.69, 9.17) is 9.72 Å². The van der Waals surface area contributed by atoms with Gasteiger partial charge in [-0.2, -0.15) is 0 Å². The van der Waals surface area contributed by atoms with Gasteiger partial charge < -0.3 is 9.64 Å². The molecule has 0 radical (unpaired) electrons. The van der Waals surface area contributed by atoms with Gasteiger partial charge in [0.2, 0.25) is 5.91 Å². The Morgan fingerprint density at radius 2 is 1.89 bits per heavy atom. The highest BCUT2D eigenvalue weighted by molar-refractivity contribution is 7.22. The topological polar surface area (TPSA) is 45.7 Å². The lowest BCUT2D eigenvalue weighted by Gasteiger charge is -2.22. The Balaban J connectivity index is 1.73. The van der Waals surface area contributed by atoms with E-state index in [1.807, 2.05) is 50.5 Å². The fourth-order valence-electron chi connectivity index (χ4n) is 2.83. The Bertz CT molecular complexity index is 909. The summed E-state index contributed by atoms with van der Waals surface area (Å²) in [5, 5.41) is 0.759. The van der Waals surface area contributed by atoms with Crippen molar-refractivity contribution in [2.45, 2.75) is 19.8 Å². The average Bonchev–Trinajstić information content (AvgIpc) is 3.11. The zero-order chi connectivity index (χ0) is 19.9. The molecule has 0 bridgehead atoms. The molecule has 3 aromatic rings. The molecule has 0 saturated heterocycles. The van der Waals surface area contributed by atoms with E-state index in [0.29, 0.717) is 19.6 Å². The summed E-state index contributed by atoms with van der Waals surface area (Å²) in [6.45, 7) is 3.88. The molecule has 1 amide bonds. The smallest absolute Gasteiger partial charge is 0.232 e. The predicted molar refractivity (Wildman–Crippen MR) is 116 cm³/mol. The van der Waals surface area contributed by atoms with Crippen LogP contribution in [0.2, 0.25) is 0 Å². The maximum Gasteiger partial charge on any atom is 0.232 e. The van der Waals surface area contributed by atoms with Crippen LogP contribution in [0.15, 0.2) is 48.5 Å². The van der Waals surface area contributed by atoms with Crippen molar-refractivity contribution < 1.29 is 9.53 Å². The van der Waals surface area contributed by atoms with E-state index in [-0.39, 0.29) is 5.91 Å². The number of carbonyl (C=O) groups excluding carboxylic acids is 1. The molecule has 0 aliphatic rings. The van der Waals surface area contributed by atoms with Gasteiger partial charge in [0.05, 0.1) is 23.2 Å². The highest BCUT2D eigenvalue weighted by Crippen LogP contribution is 2.30. The number of ether oxygens (including phenoxy) is 1. The molecule has 1 heterocycles. The Kier molecular flexibility index (Phi) is 7.01. The van der Waals surface area contributed by atoms with Crippen LogP contribution in [0.25, 0.3) is 10.2 Å². The van der Waals surface area contributed by atoms with E-state index >= 15 is 0 Å². The third-order valence-corrected chi connectivity index (χ3v) is 5.52. The summed E-state index contributed by atoms with van der Waals surface area (Å²) in [6, 6.07) is 15.9. The summed E-state index contributed by atoms with van der Waals surface area (Å²) in [6.07, 6.45) is 1.31. The lowest BCUT2D eigenvalue weighted by molar-refractivity contribution is -0.119. The van der Waals surface area contributed by atoms with Crippen LogP contribution in [0.4, 0.5) is 5.13 Å². The van der Waals surface area contributed by atoms with Gasteiger partial charge in [-0.1, -0.05) is 42.5 Å². The number of amides is 1. The number of benzene rings is 2. The fraction of sp³-hybridized carbons (Fsp3) is 0.364. The number of hydrogen-bond donors (Lipinski definition) is 0. The number of anilines is 1. The largest absolute Gasteiger partial charge is 0.493 e. The molecule has 5 nitrogen and oxygen atoms in total. The number of rotatable bonds is 9. The normalized spacial score (nSPS) is 11.1. The van der Waals surface area contributed by atoms with Crippen LogP contribution in [0, 0.1) is 0 Å². The number of likely N-dealkylation sites (N-methyl/N-ethyl adjacent to an activating group) is 1. The van der Waals surface area contributed by atoms with Gasteiger partial charge >= 0.3 is 0 Å². The van der Waals surface area contributed by atoms with E-state index in [1.165, 1.54) is 5.56 Å². The van der Waals surface area contributed by atoms with Gasteiger partial charge in [-0.05, 0) is 50.3 Å². The van der Waals surface area contributed by atoms with Crippen molar-refractivity contribution in [3.63, 3.8) is 0 Å². The number of para-hydroxylation sites is 1. The zero-order valence-electron chi connectivity index (χ0n) is 16.7. The molecule has 148 valence electrons. The van der Waals surface area contributed by atoms with E-state index in [1.54, 1.807) is 16.2 Å². The molecule has 3 rings (SSSR count). The molecule has 0 spiro atoms. The van der Waals surface area contributed by atoms with Crippen LogP contribution >= 0.6 is 11.3 Å². The van der Waals surface area contributed by atoms with Gasteiger partial charge in [0.15, 0.2) is 5.13 Å². The SMILES string of the molecule is CCc1ccc2nc(N(CCN(C)C)C(=O)CCOc3ccccc3)sc2c1. The van der Waals surface area contributed by atoms with Crippen molar-refractivity contribution >= 4 is 32.6 Å². The van der Waals surface area contributed by atoms with Crippen molar-refractivity contribution in [1.82, 2.24) is 9.88 Å². The number of hydrogen-bond acceptors (Lipinski definition) is 5. The monoisotopic (exact) mass is 397 g/mol. The molecule has 0 aliphatic carbocycles. The third-order valence-electron chi connectivity index (χ3n) is 4.48. The molecule has 0 N–H and O–H groups in total. The maximum absolute atomic E-state index is 12.9. The first kappa shape index (κ1) is 20.3. The van der Waals surface area contributed by atoms with Crippen molar-refractivity contribution in [3.05, 3.63) is 54.1 Å². The van der Waals surface area contributed by atoms with Crippen molar-refractivity contribution in [2.24, 2.45) is 0 Å². The number of aromatic nitrogens is 1. The second kappa shape index (κ2) is 9.66. The van der Waals surface area contributed by atoms with Crippen LogP contribution in [-0.2, 0) is 11.2 Å². The van der Waals surface area contributed by atoms with Gasteiger partial charge in [-0.15, -0.1) is 0 Å². The zero-order valence-corrected chi connectivity index (χ0v) is 17.5. The Morgan fingerprint density at radius 1 is 1.11 bits per heavy atom. The Hall–Kier alpha value is -2.44. The van der Waals surface area contributed by atoms with E-state index in [9.17, 15) is 4.79 Å². The molecule has 0 aliphatic heterocycles. The molecule has 0 fully saturated rings. The number of fused-ring (bicyclic) bond motifs is 1. The molecular weight excluding hydrogens is 370 g/mol. The van der Waals surface area contributed by atoms with Crippen LogP contribution in [0.1, 0.15) is 18.9 Å². The van der Waals surface area contributed by atoms with Crippen LogP contribution in [-0.4, -0.2) is 49.6 Å². The highest BCUT2D eigenvalue weighted by Gasteiger charge is 2.20. The first-order valence-corrected chi connectivity index (χ1v) is 10.4. The van der Waals surface area contributed by atoms with Gasteiger partial charge in [0.1, 0.15) is 5.75 Å². The fourth-order valence-corrected chi connectivity index (χ4v) is 3.90. The Morgan fingerprint density at radius 3 is 2.61 bits per heavy atom. The molecule has 28 heavy (non-hydrogen) atoms. The second-order valence-corrected chi connectivity index (χ2v) is 7.92. The van der Waals surface area contributed by atoms with Crippen molar-refractivity contribution in [2.75, 3.05) is 38.7 Å². The van der Waals surface area contributed by atoms with Crippen LogP contribution < -0.4 is 9.64 Å². The summed E-state index contributed by atoms with van der Waals surface area (Å²) in [5.74, 6) is 0.815. The van der Waals surface area contributed by atoms with Gasteiger partial charge in [-0.25, -0.2) is 4.98 Å². The van der Waals surface area contributed by atoms with Crippen LogP contribution in [0.5, 0.6) is 5.75 Å². The van der Waals surface area contributed by atoms with Crippen molar-refractivity contribution in [3.8, 4) is 5.75 Å². The average molecular weight is 398 g/mol. The second-order valence-electron chi connectivity index (χ2n) is 6.91. The summed E-state index contributed by atoms with van der Waals surface area (Å²) in [7, 11) is 4.01. The lowest BCUT2D eigenvalue weighted by atomic mass is 10.2. The first-order valence-electron chi connectivity index (χ1n) is 9.59. The number of carbonyl (C=O) groups is 1. The summed E-state index contributed by atoms with van der Waals surface area (Å²) in [4.78, 5) is 21.5. The molecule has 0 saturated carbocycles. The third kappa shape index (κ3) is 5.30. The standard InChI is InChI=1S/C22H27N3O2S/c1-4-17-10-11-19-20(16-17)28-22(23-19)25(14-13-24(2)3)21(26)12-15-27-18-8-6-5-7-9-18/h5-11,16H,4,12-15H2,1-3H3. The predicted octanol–water partition coefficient (Wildman–Crippen LogP) is 4.22. The molecular formula is C22H27N3O2S. The van der Waals surface area contributed by atoms with Gasteiger partial charge in [0.25, 0.3) is 0 Å². The summed E-state index contributed by atoms with van der Waals surface area (Å²) < 4.78 is 6.83. The maximum atomic E-state index is 12.9. The molecule has 2 aromatic carbocycles. The molecule has 1 aromatic heterocycles. The van der Waals surface area contributed by atoms with Gasteiger partial charge in [-0.3, -0.25) is 9.69 Å². The number of thiazole rings is 1. The lowest BCUT2D eigenvalue weighted by Crippen LogP contribution is -2.37. The van der Waals surface area contributed by atoms with E-state index in [0.717, 1.165) is 34.1 Å². The summed E-state index contributed by atoms with van der Waals surface area (Å²) >= 11 is 1.58. The minimum atomic E-state index is 0.0348. The Labute approximate surface area is 170 Å². The molecule has 0 unspecified atom stereocenters. The number of nitrogens with zero attached hydrogens (tertiary/aromatic N) is 3. The van der Waals surface area contributed by atoms with E-state index in [2.05, 4.69) is 24.0 Å². The van der Waals surface area contributed by atoms with Gasteiger partial charge in [0, 0.05) is 13.1 Å². The highest BCUT2D eigenvalue weighted by atomic mass is 32.1. The minimum absolute atomic E-state index is 0.0348. The minimum Gasteiger partial charge on any atom is -0.493 e. The van der Waals surface area contributed by atoms with E-state index < -0.39 is 0 Å². The number of aryl methyl sites for hydroxylation is 1. The van der Waals surface area contributed by atoms with Crippen LogP contribution in [0.3, 0.4) is 0 Å². The molecule has 0 atom stereocenters. The molecule has 6 heteroatoms. The van der Waals surface area contributed by atoms with Crippen molar-refractivity contribution in [1.29, 1.82) is 0 Å². The quantitative estimate of drug-likeness (QED) is 0.542.